The Balaban J connectivity index is 1.67. The molecule has 1 aliphatic rings. The molecule has 1 aromatic carbocycles. The van der Waals surface area contributed by atoms with E-state index in [1.807, 2.05) is 0 Å². The molecule has 0 radical (unpaired) electrons. The van der Waals surface area contributed by atoms with Gasteiger partial charge < -0.3 is 15.5 Å². The van der Waals surface area contributed by atoms with E-state index in [1.54, 1.807) is 0 Å². The predicted molar refractivity (Wildman–Crippen MR) is 93.6 cm³/mol. The molecule has 0 aliphatic carbocycles. The third-order valence-corrected chi connectivity index (χ3v) is 4.07. The van der Waals surface area contributed by atoms with Crippen molar-refractivity contribution < 1.29 is 9.18 Å². The molecule has 25 heavy (non-hydrogen) atoms. The summed E-state index contributed by atoms with van der Waals surface area (Å²) in [6.07, 6.45) is 1.40. The van der Waals surface area contributed by atoms with Crippen LogP contribution in [0.5, 0.6) is 0 Å². The van der Waals surface area contributed by atoms with Gasteiger partial charge in [-0.3, -0.25) is 15.6 Å². The average Bonchev–Trinajstić information content (AvgIpc) is 2.62. The molecular weight excluding hydrogens is 325 g/mol. The second-order valence-corrected chi connectivity index (χ2v) is 5.84. The molecule has 132 valence electrons. The number of rotatable bonds is 4. The summed E-state index contributed by atoms with van der Waals surface area (Å²) >= 11 is 0. The lowest BCUT2D eigenvalue weighted by molar-refractivity contribution is 0.0962. The van der Waals surface area contributed by atoms with Crippen molar-refractivity contribution >= 4 is 23.2 Å². The second-order valence-electron chi connectivity index (χ2n) is 5.84. The molecule has 1 aliphatic heterocycles. The van der Waals surface area contributed by atoms with E-state index in [-0.39, 0.29) is 0 Å². The number of amides is 1. The Bertz CT molecular complexity index is 745. The number of benzene rings is 1. The summed E-state index contributed by atoms with van der Waals surface area (Å²) in [6, 6.07) is 5.23. The van der Waals surface area contributed by atoms with Crippen LogP contribution in [0, 0.1) is 5.82 Å². The first-order valence-electron chi connectivity index (χ1n) is 7.90. The van der Waals surface area contributed by atoms with Gasteiger partial charge in [0.15, 0.2) is 11.6 Å². The van der Waals surface area contributed by atoms with Crippen molar-refractivity contribution in [3.05, 3.63) is 42.0 Å². The van der Waals surface area contributed by atoms with Gasteiger partial charge in [0.25, 0.3) is 5.91 Å². The molecule has 0 bridgehead atoms. The molecule has 0 atom stereocenters. The molecule has 1 amide bonds. The number of nitrogen functional groups attached to an aromatic ring is 1. The average molecular weight is 345 g/mol. The van der Waals surface area contributed by atoms with Gasteiger partial charge in [-0.1, -0.05) is 0 Å². The van der Waals surface area contributed by atoms with E-state index in [4.69, 9.17) is 5.73 Å². The number of anilines is 3. The van der Waals surface area contributed by atoms with Gasteiger partial charge in [0.2, 0.25) is 0 Å². The minimum Gasteiger partial charge on any atom is -0.393 e. The van der Waals surface area contributed by atoms with Gasteiger partial charge in [-0.2, -0.15) is 0 Å². The second kappa shape index (κ2) is 7.31. The van der Waals surface area contributed by atoms with E-state index in [1.165, 1.54) is 30.6 Å². The zero-order valence-corrected chi connectivity index (χ0v) is 13.9. The number of likely N-dealkylation sites (N-methyl/N-ethyl adjacent to an activating group) is 1. The molecular formula is C16H20FN7O. The zero-order valence-electron chi connectivity index (χ0n) is 13.9. The molecule has 0 saturated carbocycles. The topological polar surface area (TPSA) is 99.4 Å². The number of carbonyl (C=O) groups is 1. The van der Waals surface area contributed by atoms with Crippen LogP contribution >= 0.6 is 0 Å². The lowest BCUT2D eigenvalue weighted by Crippen LogP contribution is -2.45. The standard InChI is InChI=1S/C16H20FN7O/c1-23-6-8-24(9-7-23)15-13(18)14(19-10-20-15)21-22-16(25)11-2-4-12(17)5-3-11/h2-5,10H,6-9,18H2,1H3,(H,22,25)(H,19,20,21). The van der Waals surface area contributed by atoms with E-state index in [0.717, 1.165) is 26.2 Å². The van der Waals surface area contributed by atoms with Gasteiger partial charge in [-0.05, 0) is 31.3 Å². The largest absolute Gasteiger partial charge is 0.393 e. The van der Waals surface area contributed by atoms with Crippen molar-refractivity contribution in [1.29, 1.82) is 0 Å². The first-order chi connectivity index (χ1) is 12.0. The van der Waals surface area contributed by atoms with E-state index in [0.29, 0.717) is 22.9 Å². The van der Waals surface area contributed by atoms with Crippen molar-refractivity contribution in [2.75, 3.05) is 49.3 Å². The van der Waals surface area contributed by atoms with Crippen LogP contribution in [0.15, 0.2) is 30.6 Å². The van der Waals surface area contributed by atoms with E-state index in [2.05, 4.69) is 37.7 Å². The van der Waals surface area contributed by atoms with Crippen LogP contribution < -0.4 is 21.5 Å². The maximum absolute atomic E-state index is 12.9. The van der Waals surface area contributed by atoms with Crippen molar-refractivity contribution in [3.8, 4) is 0 Å². The summed E-state index contributed by atoms with van der Waals surface area (Å²) in [7, 11) is 2.07. The number of aromatic nitrogens is 2. The van der Waals surface area contributed by atoms with Crippen molar-refractivity contribution in [2.45, 2.75) is 0 Å². The van der Waals surface area contributed by atoms with Gasteiger partial charge >= 0.3 is 0 Å². The third kappa shape index (κ3) is 3.94. The van der Waals surface area contributed by atoms with Crippen LogP contribution in [0.2, 0.25) is 0 Å². The number of hydrogen-bond acceptors (Lipinski definition) is 7. The fourth-order valence-corrected chi connectivity index (χ4v) is 2.55. The van der Waals surface area contributed by atoms with E-state index < -0.39 is 11.7 Å². The van der Waals surface area contributed by atoms with Crippen molar-refractivity contribution in [1.82, 2.24) is 20.3 Å². The van der Waals surface area contributed by atoms with Gasteiger partial charge in [-0.15, -0.1) is 0 Å². The smallest absolute Gasteiger partial charge is 0.269 e. The minimum atomic E-state index is -0.417. The molecule has 8 nitrogen and oxygen atoms in total. The lowest BCUT2D eigenvalue weighted by Gasteiger charge is -2.33. The quantitative estimate of drug-likeness (QED) is 0.702. The van der Waals surface area contributed by atoms with Gasteiger partial charge in [0.1, 0.15) is 17.8 Å². The number of halogens is 1. The monoisotopic (exact) mass is 345 g/mol. The highest BCUT2D eigenvalue weighted by atomic mass is 19.1. The van der Waals surface area contributed by atoms with Gasteiger partial charge in [-0.25, -0.2) is 14.4 Å². The number of nitrogens with two attached hydrogens (primary N) is 1. The molecule has 1 saturated heterocycles. The summed E-state index contributed by atoms with van der Waals surface area (Å²) < 4.78 is 12.9. The van der Waals surface area contributed by atoms with Crippen LogP contribution in [-0.4, -0.2) is 54.0 Å². The van der Waals surface area contributed by atoms with E-state index in [9.17, 15) is 9.18 Å². The molecule has 2 aromatic rings. The van der Waals surface area contributed by atoms with Crippen LogP contribution in [0.3, 0.4) is 0 Å². The summed E-state index contributed by atoms with van der Waals surface area (Å²) in [4.78, 5) is 24.7. The van der Waals surface area contributed by atoms with Crippen LogP contribution in [0.25, 0.3) is 0 Å². The van der Waals surface area contributed by atoms with Crippen molar-refractivity contribution in [3.63, 3.8) is 0 Å². The Morgan fingerprint density at radius 3 is 2.52 bits per heavy atom. The van der Waals surface area contributed by atoms with Crippen LogP contribution in [-0.2, 0) is 0 Å². The Labute approximate surface area is 144 Å². The van der Waals surface area contributed by atoms with E-state index >= 15 is 0 Å². The van der Waals surface area contributed by atoms with Crippen LogP contribution in [0.1, 0.15) is 10.4 Å². The molecule has 1 aromatic heterocycles. The summed E-state index contributed by atoms with van der Waals surface area (Å²) in [5, 5.41) is 0. The molecule has 9 heteroatoms. The number of nitrogens with one attached hydrogen (secondary N) is 2. The minimum absolute atomic E-state index is 0.319. The number of nitrogens with zero attached hydrogens (tertiary/aromatic N) is 4. The number of carbonyl (C=O) groups excluding carboxylic acids is 1. The maximum Gasteiger partial charge on any atom is 0.269 e. The van der Waals surface area contributed by atoms with Crippen LogP contribution in [0.4, 0.5) is 21.7 Å². The first kappa shape index (κ1) is 16.9. The third-order valence-electron chi connectivity index (χ3n) is 4.07. The fraction of sp³-hybridized carbons (Fsp3) is 0.312. The molecule has 0 spiro atoms. The highest BCUT2D eigenvalue weighted by Gasteiger charge is 2.19. The number of hydrogen-bond donors (Lipinski definition) is 3. The fourth-order valence-electron chi connectivity index (χ4n) is 2.55. The Morgan fingerprint density at radius 2 is 1.84 bits per heavy atom. The Kier molecular flexibility index (Phi) is 4.94. The SMILES string of the molecule is CN1CCN(c2ncnc(NNC(=O)c3ccc(F)cc3)c2N)CC1. The molecule has 0 unspecified atom stereocenters. The van der Waals surface area contributed by atoms with Crippen molar-refractivity contribution in [2.24, 2.45) is 0 Å². The normalized spacial score (nSPS) is 15.0. The molecule has 2 heterocycles. The first-order valence-corrected chi connectivity index (χ1v) is 7.90. The van der Waals surface area contributed by atoms with Gasteiger partial charge in [0.05, 0.1) is 0 Å². The number of piperazine rings is 1. The predicted octanol–water partition coefficient (Wildman–Crippen LogP) is 0.707. The Morgan fingerprint density at radius 1 is 1.16 bits per heavy atom. The molecule has 1 fully saturated rings. The number of hydrazine groups is 1. The Hall–Kier alpha value is -2.94. The highest BCUT2D eigenvalue weighted by molar-refractivity contribution is 5.95. The summed E-state index contributed by atoms with van der Waals surface area (Å²) in [5.74, 6) is 0.140. The lowest BCUT2D eigenvalue weighted by atomic mass is 10.2. The highest BCUT2D eigenvalue weighted by Crippen LogP contribution is 2.26. The molecule has 3 rings (SSSR count). The van der Waals surface area contributed by atoms with Gasteiger partial charge in [0, 0.05) is 31.7 Å². The summed E-state index contributed by atoms with van der Waals surface area (Å²) in [6.45, 7) is 3.49. The summed E-state index contributed by atoms with van der Waals surface area (Å²) in [5.41, 5.74) is 12.0. The zero-order chi connectivity index (χ0) is 17.8. The maximum atomic E-state index is 12.9. The molecule has 4 N–H and O–H groups in total.